The lowest BCUT2D eigenvalue weighted by Crippen LogP contribution is -2.13. The summed E-state index contributed by atoms with van der Waals surface area (Å²) in [6, 6.07) is 7.09. The molecule has 2 N–H and O–H groups in total. The van der Waals surface area contributed by atoms with E-state index >= 15 is 0 Å². The van der Waals surface area contributed by atoms with E-state index in [1.807, 2.05) is 24.3 Å². The van der Waals surface area contributed by atoms with Gasteiger partial charge in [-0.25, -0.2) is 4.39 Å². The van der Waals surface area contributed by atoms with Gasteiger partial charge in [0, 0.05) is 3.57 Å². The van der Waals surface area contributed by atoms with Gasteiger partial charge < -0.3 is 5.73 Å². The molecule has 0 spiro atoms. The lowest BCUT2D eigenvalue weighted by atomic mass is 10.1. The Hall–Kier alpha value is -0.160. The molecule has 11 heavy (non-hydrogen) atoms. The summed E-state index contributed by atoms with van der Waals surface area (Å²) < 4.78 is 13.1. The van der Waals surface area contributed by atoms with E-state index in [9.17, 15) is 4.39 Å². The standard InChI is InChI=1S/C8H9FIN/c9-5-8(11)6-3-1-2-4-7(6)10/h1-4,8H,5,11H2/t8-/m1/s1. The maximum atomic E-state index is 12.1. The molecule has 0 bridgehead atoms. The molecular weight excluding hydrogens is 256 g/mol. The maximum Gasteiger partial charge on any atom is 0.109 e. The van der Waals surface area contributed by atoms with Gasteiger partial charge in [0.1, 0.15) is 6.67 Å². The number of rotatable bonds is 2. The summed E-state index contributed by atoms with van der Waals surface area (Å²) >= 11 is 2.15. The number of halogens is 2. The fourth-order valence-corrected chi connectivity index (χ4v) is 1.65. The van der Waals surface area contributed by atoms with Crippen LogP contribution in [0.3, 0.4) is 0 Å². The third-order valence-corrected chi connectivity index (χ3v) is 2.45. The topological polar surface area (TPSA) is 26.0 Å². The predicted octanol–water partition coefficient (Wildman–Crippen LogP) is 2.26. The number of alkyl halides is 1. The van der Waals surface area contributed by atoms with Crippen LogP contribution in [0.25, 0.3) is 0 Å². The Morgan fingerprint density at radius 3 is 2.64 bits per heavy atom. The van der Waals surface area contributed by atoms with E-state index < -0.39 is 12.7 Å². The second kappa shape index (κ2) is 4.01. The summed E-state index contributed by atoms with van der Waals surface area (Å²) in [6.45, 7) is -0.500. The van der Waals surface area contributed by atoms with Gasteiger partial charge >= 0.3 is 0 Å². The molecule has 0 aliphatic carbocycles. The molecule has 0 radical (unpaired) electrons. The van der Waals surface area contributed by atoms with Crippen LogP contribution < -0.4 is 5.73 Å². The highest BCUT2D eigenvalue weighted by Crippen LogP contribution is 2.17. The minimum Gasteiger partial charge on any atom is -0.322 e. The van der Waals surface area contributed by atoms with Crippen LogP contribution in [0.5, 0.6) is 0 Å². The Labute approximate surface area is 78.9 Å². The van der Waals surface area contributed by atoms with E-state index in [0.29, 0.717) is 0 Å². The van der Waals surface area contributed by atoms with Crippen LogP contribution in [0.4, 0.5) is 4.39 Å². The second-order valence-corrected chi connectivity index (χ2v) is 3.44. The molecule has 1 aromatic rings. The van der Waals surface area contributed by atoms with Crippen LogP contribution in [0.2, 0.25) is 0 Å². The second-order valence-electron chi connectivity index (χ2n) is 2.28. The molecule has 1 atom stereocenters. The summed E-state index contributed by atoms with van der Waals surface area (Å²) in [6.07, 6.45) is 0. The maximum absolute atomic E-state index is 12.1. The molecule has 0 unspecified atom stereocenters. The quantitative estimate of drug-likeness (QED) is 0.815. The molecule has 0 aliphatic heterocycles. The van der Waals surface area contributed by atoms with Crippen molar-refractivity contribution in [1.29, 1.82) is 0 Å². The van der Waals surface area contributed by atoms with Crippen molar-refractivity contribution in [1.82, 2.24) is 0 Å². The van der Waals surface area contributed by atoms with Gasteiger partial charge in [-0.1, -0.05) is 18.2 Å². The van der Waals surface area contributed by atoms with Gasteiger partial charge in [-0.2, -0.15) is 0 Å². The number of hydrogen-bond acceptors (Lipinski definition) is 1. The minimum absolute atomic E-state index is 0.469. The fourth-order valence-electron chi connectivity index (χ4n) is 0.859. The van der Waals surface area contributed by atoms with Crippen molar-refractivity contribution in [2.24, 2.45) is 5.73 Å². The monoisotopic (exact) mass is 265 g/mol. The van der Waals surface area contributed by atoms with E-state index in [4.69, 9.17) is 5.73 Å². The van der Waals surface area contributed by atoms with E-state index in [1.165, 1.54) is 0 Å². The van der Waals surface area contributed by atoms with Gasteiger partial charge in [0.05, 0.1) is 6.04 Å². The van der Waals surface area contributed by atoms with Crippen molar-refractivity contribution < 1.29 is 4.39 Å². The van der Waals surface area contributed by atoms with Crippen LogP contribution in [-0.2, 0) is 0 Å². The first kappa shape index (κ1) is 8.93. The molecular formula is C8H9FIN. The van der Waals surface area contributed by atoms with Gasteiger partial charge in [-0.3, -0.25) is 0 Å². The SMILES string of the molecule is N[C@H](CF)c1ccccc1I. The molecule has 0 heterocycles. The lowest BCUT2D eigenvalue weighted by Gasteiger charge is -2.08. The van der Waals surface area contributed by atoms with Crippen LogP contribution in [0.1, 0.15) is 11.6 Å². The Balaban J connectivity index is 2.93. The summed E-state index contributed by atoms with van der Waals surface area (Å²) in [5.41, 5.74) is 6.40. The summed E-state index contributed by atoms with van der Waals surface area (Å²) in [7, 11) is 0. The Morgan fingerprint density at radius 2 is 2.09 bits per heavy atom. The zero-order valence-corrected chi connectivity index (χ0v) is 8.08. The van der Waals surface area contributed by atoms with Crippen molar-refractivity contribution in [2.75, 3.05) is 6.67 Å². The Morgan fingerprint density at radius 1 is 1.45 bits per heavy atom. The van der Waals surface area contributed by atoms with Crippen LogP contribution in [0.15, 0.2) is 24.3 Å². The molecule has 0 saturated heterocycles. The summed E-state index contributed by atoms with van der Waals surface area (Å²) in [4.78, 5) is 0. The summed E-state index contributed by atoms with van der Waals surface area (Å²) in [5, 5.41) is 0. The highest BCUT2D eigenvalue weighted by molar-refractivity contribution is 14.1. The Bertz CT molecular complexity index is 239. The highest BCUT2D eigenvalue weighted by atomic mass is 127. The van der Waals surface area contributed by atoms with Crippen molar-refractivity contribution in [3.8, 4) is 0 Å². The van der Waals surface area contributed by atoms with Crippen molar-refractivity contribution in [3.63, 3.8) is 0 Å². The molecule has 0 amide bonds. The molecule has 0 fully saturated rings. The third-order valence-electron chi connectivity index (χ3n) is 1.47. The largest absolute Gasteiger partial charge is 0.322 e. The fraction of sp³-hybridized carbons (Fsp3) is 0.250. The van der Waals surface area contributed by atoms with E-state index in [1.54, 1.807) is 0 Å². The molecule has 1 rings (SSSR count). The number of benzene rings is 1. The minimum atomic E-state index is -0.500. The molecule has 1 aromatic carbocycles. The smallest absolute Gasteiger partial charge is 0.109 e. The number of hydrogen-bond donors (Lipinski definition) is 1. The average Bonchev–Trinajstić information content (AvgIpc) is 2.04. The molecule has 60 valence electrons. The Kier molecular flexibility index (Phi) is 3.26. The van der Waals surface area contributed by atoms with Gasteiger partial charge in [-0.05, 0) is 34.2 Å². The normalized spacial score (nSPS) is 13.0. The van der Waals surface area contributed by atoms with Crippen LogP contribution in [-0.4, -0.2) is 6.67 Å². The van der Waals surface area contributed by atoms with E-state index in [-0.39, 0.29) is 0 Å². The molecule has 0 saturated carbocycles. The zero-order valence-electron chi connectivity index (χ0n) is 5.93. The molecule has 1 nitrogen and oxygen atoms in total. The van der Waals surface area contributed by atoms with E-state index in [2.05, 4.69) is 22.6 Å². The molecule has 3 heteroatoms. The average molecular weight is 265 g/mol. The zero-order chi connectivity index (χ0) is 8.27. The first-order valence-corrected chi connectivity index (χ1v) is 4.39. The predicted molar refractivity (Wildman–Crippen MR) is 52.1 cm³/mol. The van der Waals surface area contributed by atoms with Gasteiger partial charge in [0.15, 0.2) is 0 Å². The van der Waals surface area contributed by atoms with Gasteiger partial charge in [-0.15, -0.1) is 0 Å². The highest BCUT2D eigenvalue weighted by Gasteiger charge is 2.07. The number of nitrogens with two attached hydrogens (primary N) is 1. The summed E-state index contributed by atoms with van der Waals surface area (Å²) in [5.74, 6) is 0. The van der Waals surface area contributed by atoms with Crippen molar-refractivity contribution in [3.05, 3.63) is 33.4 Å². The molecule has 0 aliphatic rings. The van der Waals surface area contributed by atoms with Crippen LogP contribution >= 0.6 is 22.6 Å². The third kappa shape index (κ3) is 2.13. The van der Waals surface area contributed by atoms with E-state index in [0.717, 1.165) is 9.13 Å². The lowest BCUT2D eigenvalue weighted by molar-refractivity contribution is 0.436. The first-order valence-electron chi connectivity index (χ1n) is 3.31. The van der Waals surface area contributed by atoms with Crippen LogP contribution in [0, 0.1) is 3.57 Å². The van der Waals surface area contributed by atoms with Crippen molar-refractivity contribution in [2.45, 2.75) is 6.04 Å². The molecule has 0 aromatic heterocycles. The van der Waals surface area contributed by atoms with Gasteiger partial charge in [0.2, 0.25) is 0 Å². The van der Waals surface area contributed by atoms with Gasteiger partial charge in [0.25, 0.3) is 0 Å². The van der Waals surface area contributed by atoms with Crippen molar-refractivity contribution >= 4 is 22.6 Å². The first-order chi connectivity index (χ1) is 5.25.